The highest BCUT2D eigenvalue weighted by atomic mass is 16.7. The largest absolute Gasteiger partial charge is 0.472 e. The van der Waals surface area contributed by atoms with E-state index in [1.165, 1.54) is 5.56 Å². The minimum absolute atomic E-state index is 0.153. The normalized spacial score (nSPS) is 32.9. The second kappa shape index (κ2) is 4.37. The zero-order valence-corrected chi connectivity index (χ0v) is 12.1. The first-order valence-corrected chi connectivity index (χ1v) is 6.99. The molecule has 0 radical (unpaired) electrons. The van der Waals surface area contributed by atoms with Gasteiger partial charge in [-0.2, -0.15) is 0 Å². The molecule has 2 atom stereocenters. The monoisotopic (exact) mass is 263 g/mol. The van der Waals surface area contributed by atoms with E-state index in [0.717, 1.165) is 13.1 Å². The van der Waals surface area contributed by atoms with E-state index in [9.17, 15) is 0 Å². The van der Waals surface area contributed by atoms with Crippen LogP contribution in [-0.2, 0) is 9.31 Å². The maximum Gasteiger partial charge on any atom is 0.463 e. The van der Waals surface area contributed by atoms with Crippen LogP contribution in [0.1, 0.15) is 39.2 Å². The highest BCUT2D eigenvalue weighted by Gasteiger charge is 2.55. The molecule has 0 aromatic carbocycles. The van der Waals surface area contributed by atoms with Gasteiger partial charge in [-0.15, -0.1) is 0 Å². The maximum atomic E-state index is 6.18. The molecule has 5 heteroatoms. The Kier molecular flexibility index (Phi) is 3.04. The highest BCUT2D eigenvalue weighted by molar-refractivity contribution is 6.48. The van der Waals surface area contributed by atoms with Crippen LogP contribution in [-0.4, -0.2) is 31.4 Å². The summed E-state index contributed by atoms with van der Waals surface area (Å²) >= 11 is 0. The van der Waals surface area contributed by atoms with Crippen molar-refractivity contribution in [1.82, 2.24) is 5.32 Å². The van der Waals surface area contributed by atoms with Gasteiger partial charge in [0.25, 0.3) is 0 Å². The average molecular weight is 263 g/mol. The third kappa shape index (κ3) is 2.14. The zero-order valence-electron chi connectivity index (χ0n) is 12.1. The van der Waals surface area contributed by atoms with Gasteiger partial charge >= 0.3 is 7.12 Å². The van der Waals surface area contributed by atoms with Crippen LogP contribution in [0.3, 0.4) is 0 Å². The van der Waals surface area contributed by atoms with Crippen molar-refractivity contribution in [2.45, 2.75) is 50.6 Å². The van der Waals surface area contributed by atoms with Gasteiger partial charge in [-0.3, -0.25) is 0 Å². The van der Waals surface area contributed by atoms with Crippen LogP contribution in [0.15, 0.2) is 23.0 Å². The molecule has 0 saturated carbocycles. The molecular formula is C14H22BNO3. The molecule has 0 aliphatic carbocycles. The number of hydrogen-bond donors (Lipinski definition) is 1. The molecule has 3 heterocycles. The van der Waals surface area contributed by atoms with Gasteiger partial charge < -0.3 is 19.0 Å². The molecule has 0 spiro atoms. The van der Waals surface area contributed by atoms with Crippen LogP contribution in [0.5, 0.6) is 0 Å². The predicted molar refractivity (Wildman–Crippen MR) is 74.2 cm³/mol. The summed E-state index contributed by atoms with van der Waals surface area (Å²) in [6, 6.07) is 2.04. The second-order valence-electron chi connectivity index (χ2n) is 6.61. The molecule has 104 valence electrons. The summed E-state index contributed by atoms with van der Waals surface area (Å²) < 4.78 is 17.6. The first kappa shape index (κ1) is 13.2. The molecule has 3 rings (SSSR count). The summed E-state index contributed by atoms with van der Waals surface area (Å²) in [5, 5.41) is 3.44. The molecule has 1 aromatic rings. The molecule has 2 fully saturated rings. The summed E-state index contributed by atoms with van der Waals surface area (Å²) in [6.07, 6.45) is 3.56. The summed E-state index contributed by atoms with van der Waals surface area (Å²) in [7, 11) is -0.153. The molecular weight excluding hydrogens is 241 g/mol. The SMILES string of the molecule is CC1(C)OB(C2CNCC2c2ccoc2)OC1(C)C. The Labute approximate surface area is 115 Å². The lowest BCUT2D eigenvalue weighted by Gasteiger charge is -2.32. The fraction of sp³-hybridized carbons (Fsp3) is 0.714. The van der Waals surface area contributed by atoms with E-state index in [1.807, 2.05) is 12.3 Å². The lowest BCUT2D eigenvalue weighted by Crippen LogP contribution is -2.41. The van der Waals surface area contributed by atoms with Crippen LogP contribution in [0, 0.1) is 0 Å². The van der Waals surface area contributed by atoms with Gasteiger partial charge in [0.05, 0.1) is 23.7 Å². The summed E-state index contributed by atoms with van der Waals surface area (Å²) in [4.78, 5) is 0. The fourth-order valence-corrected chi connectivity index (χ4v) is 2.90. The molecule has 0 bridgehead atoms. The Morgan fingerprint density at radius 2 is 1.84 bits per heavy atom. The smallest absolute Gasteiger partial charge is 0.463 e. The number of rotatable bonds is 2. The van der Waals surface area contributed by atoms with Crippen molar-refractivity contribution in [3.63, 3.8) is 0 Å². The maximum absolute atomic E-state index is 6.18. The topological polar surface area (TPSA) is 43.6 Å². The Hall–Kier alpha value is -0.775. The van der Waals surface area contributed by atoms with Crippen molar-refractivity contribution in [2.75, 3.05) is 13.1 Å². The fourth-order valence-electron chi connectivity index (χ4n) is 2.90. The van der Waals surface area contributed by atoms with Crippen molar-refractivity contribution in [1.29, 1.82) is 0 Å². The molecule has 4 nitrogen and oxygen atoms in total. The van der Waals surface area contributed by atoms with Crippen LogP contribution >= 0.6 is 0 Å². The van der Waals surface area contributed by atoms with Crippen molar-refractivity contribution in [2.24, 2.45) is 0 Å². The molecule has 19 heavy (non-hydrogen) atoms. The third-order valence-corrected chi connectivity index (χ3v) is 4.85. The summed E-state index contributed by atoms with van der Waals surface area (Å²) in [6.45, 7) is 10.3. The van der Waals surface area contributed by atoms with Gasteiger partial charge in [-0.1, -0.05) is 0 Å². The van der Waals surface area contributed by atoms with Crippen molar-refractivity contribution >= 4 is 7.12 Å². The molecule has 2 saturated heterocycles. The zero-order chi connectivity index (χ0) is 13.7. The minimum atomic E-state index is -0.263. The van der Waals surface area contributed by atoms with E-state index in [4.69, 9.17) is 13.7 Å². The molecule has 2 aliphatic rings. The van der Waals surface area contributed by atoms with E-state index in [0.29, 0.717) is 11.7 Å². The lowest BCUT2D eigenvalue weighted by molar-refractivity contribution is 0.00578. The Bertz CT molecular complexity index is 428. The van der Waals surface area contributed by atoms with E-state index in [-0.39, 0.29) is 18.3 Å². The Morgan fingerprint density at radius 3 is 2.42 bits per heavy atom. The van der Waals surface area contributed by atoms with Crippen LogP contribution in [0.25, 0.3) is 0 Å². The van der Waals surface area contributed by atoms with E-state index in [2.05, 4.69) is 33.0 Å². The van der Waals surface area contributed by atoms with E-state index < -0.39 is 0 Å². The van der Waals surface area contributed by atoms with Gasteiger partial charge in [0.1, 0.15) is 0 Å². The van der Waals surface area contributed by atoms with Crippen LogP contribution < -0.4 is 5.32 Å². The van der Waals surface area contributed by atoms with E-state index >= 15 is 0 Å². The molecule has 0 amide bonds. The third-order valence-electron chi connectivity index (χ3n) is 4.85. The summed E-state index contributed by atoms with van der Waals surface area (Å²) in [5.74, 6) is 0.729. The van der Waals surface area contributed by atoms with Gasteiger partial charge in [-0.25, -0.2) is 0 Å². The van der Waals surface area contributed by atoms with Crippen LogP contribution in [0.2, 0.25) is 5.82 Å². The number of hydrogen-bond acceptors (Lipinski definition) is 4. The first-order chi connectivity index (χ1) is 8.91. The number of nitrogens with one attached hydrogen (secondary N) is 1. The minimum Gasteiger partial charge on any atom is -0.472 e. The first-order valence-electron chi connectivity index (χ1n) is 6.99. The standard InChI is InChI=1S/C14H22BNO3/c1-13(2)14(3,4)19-15(18-13)12-8-16-7-11(12)10-5-6-17-9-10/h5-6,9,11-12,16H,7-8H2,1-4H3. The van der Waals surface area contributed by atoms with Gasteiger partial charge in [0.15, 0.2) is 0 Å². The predicted octanol–water partition coefficient (Wildman–Crippen LogP) is 2.43. The average Bonchev–Trinajstić information content (AvgIpc) is 3.00. The summed E-state index contributed by atoms with van der Waals surface area (Å²) in [5.41, 5.74) is 0.701. The number of furan rings is 1. The lowest BCUT2D eigenvalue weighted by atomic mass is 9.65. The Morgan fingerprint density at radius 1 is 1.16 bits per heavy atom. The van der Waals surface area contributed by atoms with Gasteiger partial charge in [-0.05, 0) is 45.9 Å². The van der Waals surface area contributed by atoms with Crippen molar-refractivity contribution in [3.8, 4) is 0 Å². The van der Waals surface area contributed by atoms with Crippen molar-refractivity contribution < 1.29 is 13.7 Å². The Balaban J connectivity index is 1.80. The second-order valence-corrected chi connectivity index (χ2v) is 6.61. The van der Waals surface area contributed by atoms with Gasteiger partial charge in [0, 0.05) is 18.3 Å². The highest BCUT2D eigenvalue weighted by Crippen LogP contribution is 2.45. The van der Waals surface area contributed by atoms with Crippen molar-refractivity contribution in [3.05, 3.63) is 24.2 Å². The quantitative estimate of drug-likeness (QED) is 0.832. The molecule has 1 aromatic heterocycles. The van der Waals surface area contributed by atoms with Gasteiger partial charge in [0.2, 0.25) is 0 Å². The van der Waals surface area contributed by atoms with E-state index in [1.54, 1.807) is 6.26 Å². The molecule has 2 aliphatic heterocycles. The molecule has 1 N–H and O–H groups in total. The molecule has 2 unspecified atom stereocenters. The van der Waals surface area contributed by atoms with Crippen LogP contribution in [0.4, 0.5) is 0 Å².